The van der Waals surface area contributed by atoms with E-state index in [2.05, 4.69) is 0 Å². The van der Waals surface area contributed by atoms with Gasteiger partial charge in [0.25, 0.3) is 5.69 Å². The van der Waals surface area contributed by atoms with Crippen LogP contribution in [-0.4, -0.2) is 10.3 Å². The van der Waals surface area contributed by atoms with Crippen LogP contribution in [0.2, 0.25) is 0 Å². The molecule has 0 radical (unpaired) electrons. The molecule has 1 saturated carbocycles. The van der Waals surface area contributed by atoms with E-state index in [1.54, 1.807) is 12.1 Å². The Morgan fingerprint density at radius 1 is 1.25 bits per heavy atom. The smallest absolute Gasteiger partial charge is 0.258 e. The van der Waals surface area contributed by atoms with Gasteiger partial charge in [-0.1, -0.05) is 50.3 Å². The van der Waals surface area contributed by atoms with Gasteiger partial charge in [-0.15, -0.1) is 11.6 Å². The van der Waals surface area contributed by atoms with Gasteiger partial charge >= 0.3 is 0 Å². The van der Waals surface area contributed by atoms with Crippen LogP contribution >= 0.6 is 11.6 Å². The van der Waals surface area contributed by atoms with E-state index in [4.69, 9.17) is 11.6 Å². The number of hydrogen-bond acceptors (Lipinski definition) is 2. The van der Waals surface area contributed by atoms with Crippen LogP contribution in [0.4, 0.5) is 5.69 Å². The second-order valence-corrected chi connectivity index (χ2v) is 6.39. The summed E-state index contributed by atoms with van der Waals surface area (Å²) in [6.07, 6.45) is 9.43. The maximum atomic E-state index is 11.0. The highest BCUT2D eigenvalue weighted by Gasteiger charge is 2.18. The third-order valence-electron chi connectivity index (χ3n) is 4.24. The van der Waals surface area contributed by atoms with Crippen molar-refractivity contribution in [1.82, 2.24) is 0 Å². The normalized spacial score (nSPS) is 17.9. The molecule has 0 saturated heterocycles. The highest BCUT2D eigenvalue weighted by atomic mass is 35.5. The molecule has 1 unspecified atom stereocenters. The van der Waals surface area contributed by atoms with E-state index in [1.807, 2.05) is 12.1 Å². The highest BCUT2D eigenvalue weighted by molar-refractivity contribution is 6.20. The molecular weight excluding hydrogens is 274 g/mol. The number of nitro groups is 1. The van der Waals surface area contributed by atoms with Crippen LogP contribution in [0.25, 0.3) is 0 Å². The SMILES string of the molecule is O=[N+]([O-])c1ccccc1CC(Cl)CCC1CCCCC1. The van der Waals surface area contributed by atoms with Crippen LogP contribution in [-0.2, 0) is 6.42 Å². The van der Waals surface area contributed by atoms with E-state index in [0.717, 1.165) is 24.3 Å². The second-order valence-electron chi connectivity index (χ2n) is 5.77. The minimum absolute atomic E-state index is 0.00183. The molecular formula is C16H22ClNO2. The Morgan fingerprint density at radius 3 is 2.65 bits per heavy atom. The zero-order valence-electron chi connectivity index (χ0n) is 11.8. The topological polar surface area (TPSA) is 43.1 Å². The highest BCUT2D eigenvalue weighted by Crippen LogP contribution is 2.29. The minimum Gasteiger partial charge on any atom is -0.258 e. The summed E-state index contributed by atoms with van der Waals surface area (Å²) in [5.74, 6) is 0.816. The molecule has 0 bridgehead atoms. The van der Waals surface area contributed by atoms with Crippen molar-refractivity contribution in [3.05, 3.63) is 39.9 Å². The summed E-state index contributed by atoms with van der Waals surface area (Å²) in [6.45, 7) is 0. The van der Waals surface area contributed by atoms with Crippen LogP contribution in [0.3, 0.4) is 0 Å². The molecule has 1 aliphatic carbocycles. The van der Waals surface area contributed by atoms with Gasteiger partial charge < -0.3 is 0 Å². The Morgan fingerprint density at radius 2 is 1.95 bits per heavy atom. The quantitative estimate of drug-likeness (QED) is 0.416. The molecule has 110 valence electrons. The molecule has 0 spiro atoms. The average molecular weight is 296 g/mol. The van der Waals surface area contributed by atoms with Gasteiger partial charge in [-0.25, -0.2) is 0 Å². The van der Waals surface area contributed by atoms with Crippen molar-refractivity contribution >= 4 is 17.3 Å². The summed E-state index contributed by atoms with van der Waals surface area (Å²) in [4.78, 5) is 10.7. The number of rotatable bonds is 6. The monoisotopic (exact) mass is 295 g/mol. The number of alkyl halides is 1. The molecule has 4 heteroatoms. The summed E-state index contributed by atoms with van der Waals surface area (Å²) in [5, 5.41) is 11.0. The van der Waals surface area contributed by atoms with E-state index in [1.165, 1.54) is 32.1 Å². The first-order chi connectivity index (χ1) is 9.66. The van der Waals surface area contributed by atoms with Crippen LogP contribution in [0.15, 0.2) is 24.3 Å². The van der Waals surface area contributed by atoms with Crippen LogP contribution in [0, 0.1) is 16.0 Å². The number of nitro benzene ring substituents is 1. The van der Waals surface area contributed by atoms with Crippen molar-refractivity contribution in [1.29, 1.82) is 0 Å². The average Bonchev–Trinajstić information content (AvgIpc) is 2.46. The molecule has 3 nitrogen and oxygen atoms in total. The van der Waals surface area contributed by atoms with E-state index < -0.39 is 0 Å². The Balaban J connectivity index is 1.84. The molecule has 1 aliphatic rings. The van der Waals surface area contributed by atoms with Crippen LogP contribution < -0.4 is 0 Å². The van der Waals surface area contributed by atoms with Gasteiger partial charge in [0.05, 0.1) is 4.92 Å². The van der Waals surface area contributed by atoms with Crippen LogP contribution in [0.1, 0.15) is 50.5 Å². The summed E-state index contributed by atoms with van der Waals surface area (Å²) in [6, 6.07) is 6.91. The zero-order chi connectivity index (χ0) is 14.4. The van der Waals surface area contributed by atoms with Gasteiger partial charge in [0.2, 0.25) is 0 Å². The van der Waals surface area contributed by atoms with Crippen molar-refractivity contribution in [2.24, 2.45) is 5.92 Å². The lowest BCUT2D eigenvalue weighted by Crippen LogP contribution is -2.11. The largest absolute Gasteiger partial charge is 0.272 e. The summed E-state index contributed by atoms with van der Waals surface area (Å²) in [5.41, 5.74) is 0.942. The molecule has 1 aromatic rings. The summed E-state index contributed by atoms with van der Waals surface area (Å²) < 4.78 is 0. The van der Waals surface area contributed by atoms with Crippen LogP contribution in [0.5, 0.6) is 0 Å². The Kier molecular flexibility index (Phi) is 5.84. The molecule has 0 aromatic heterocycles. The van der Waals surface area contributed by atoms with Crippen molar-refractivity contribution in [2.75, 3.05) is 0 Å². The lowest BCUT2D eigenvalue weighted by Gasteiger charge is -2.22. The van der Waals surface area contributed by atoms with Gasteiger partial charge in [-0.2, -0.15) is 0 Å². The molecule has 1 atom stereocenters. The number of nitrogens with zero attached hydrogens (tertiary/aromatic N) is 1. The first kappa shape index (κ1) is 15.3. The van der Waals surface area contributed by atoms with E-state index in [9.17, 15) is 10.1 Å². The standard InChI is InChI=1S/C16H22ClNO2/c17-15(11-10-13-6-2-1-3-7-13)12-14-8-4-5-9-16(14)18(19)20/h4-5,8-9,13,15H,1-3,6-7,10-12H2. The fraction of sp³-hybridized carbons (Fsp3) is 0.625. The molecule has 20 heavy (non-hydrogen) atoms. The fourth-order valence-electron chi connectivity index (χ4n) is 3.09. The van der Waals surface area contributed by atoms with Gasteiger partial charge in [0.15, 0.2) is 0 Å². The lowest BCUT2D eigenvalue weighted by molar-refractivity contribution is -0.385. The number of para-hydroxylation sites is 1. The third kappa shape index (κ3) is 4.48. The number of benzene rings is 1. The van der Waals surface area contributed by atoms with Crippen molar-refractivity contribution in [3.63, 3.8) is 0 Å². The van der Waals surface area contributed by atoms with Crippen molar-refractivity contribution in [3.8, 4) is 0 Å². The second kappa shape index (κ2) is 7.63. The predicted molar refractivity (Wildman–Crippen MR) is 82.3 cm³/mol. The molecule has 1 aromatic carbocycles. The lowest BCUT2D eigenvalue weighted by atomic mass is 9.85. The fourth-order valence-corrected chi connectivity index (χ4v) is 3.39. The Hall–Kier alpha value is -1.09. The van der Waals surface area contributed by atoms with Crippen molar-refractivity contribution < 1.29 is 4.92 Å². The van der Waals surface area contributed by atoms with Gasteiger partial charge in [0.1, 0.15) is 0 Å². The molecule has 0 aliphatic heterocycles. The summed E-state index contributed by atoms with van der Waals surface area (Å²) in [7, 11) is 0. The Bertz CT molecular complexity index is 444. The minimum atomic E-state index is -0.319. The van der Waals surface area contributed by atoms with E-state index in [-0.39, 0.29) is 16.0 Å². The summed E-state index contributed by atoms with van der Waals surface area (Å²) >= 11 is 6.39. The van der Waals surface area contributed by atoms with E-state index >= 15 is 0 Å². The molecule has 1 fully saturated rings. The number of hydrogen-bond donors (Lipinski definition) is 0. The zero-order valence-corrected chi connectivity index (χ0v) is 12.5. The van der Waals surface area contributed by atoms with Gasteiger partial charge in [0, 0.05) is 17.0 Å². The molecule has 0 N–H and O–H groups in total. The maximum absolute atomic E-state index is 11.0. The molecule has 0 amide bonds. The van der Waals surface area contributed by atoms with Crippen molar-refractivity contribution in [2.45, 2.75) is 56.7 Å². The number of halogens is 1. The van der Waals surface area contributed by atoms with E-state index in [0.29, 0.717) is 6.42 Å². The maximum Gasteiger partial charge on any atom is 0.272 e. The first-order valence-electron chi connectivity index (χ1n) is 7.53. The van der Waals surface area contributed by atoms with Gasteiger partial charge in [-0.3, -0.25) is 10.1 Å². The third-order valence-corrected chi connectivity index (χ3v) is 4.62. The van der Waals surface area contributed by atoms with Gasteiger partial charge in [-0.05, 0) is 25.2 Å². The first-order valence-corrected chi connectivity index (χ1v) is 7.97. The molecule has 2 rings (SSSR count). The molecule has 0 heterocycles. The predicted octanol–water partition coefficient (Wildman–Crippen LogP) is 5.11. The Labute approximate surface area is 125 Å².